The Bertz CT molecular complexity index is 564. The summed E-state index contributed by atoms with van der Waals surface area (Å²) in [6, 6.07) is 21.4. The van der Waals surface area contributed by atoms with E-state index in [1.807, 2.05) is 0 Å². The van der Waals surface area contributed by atoms with E-state index < -0.39 is 0 Å². The van der Waals surface area contributed by atoms with Gasteiger partial charge in [0.15, 0.2) is 0 Å². The predicted octanol–water partition coefficient (Wildman–Crippen LogP) is 5.82. The van der Waals surface area contributed by atoms with Crippen LogP contribution >= 0.6 is 0 Å². The van der Waals surface area contributed by atoms with E-state index in [0.717, 1.165) is 6.61 Å². The number of benzene rings is 3. The van der Waals surface area contributed by atoms with Gasteiger partial charge in [-0.3, -0.25) is 0 Å². The molecule has 0 fully saturated rings. The molecule has 0 atom stereocenters. The fourth-order valence-electron chi connectivity index (χ4n) is 2.38. The quantitative estimate of drug-likeness (QED) is 0.432. The third kappa shape index (κ3) is 4.57. The highest BCUT2D eigenvalue weighted by atomic mass is 16.5. The minimum atomic E-state index is 0.924. The van der Waals surface area contributed by atoms with Gasteiger partial charge in [-0.25, -0.2) is 0 Å². The number of rotatable bonds is 4. The predicted molar refractivity (Wildman–Crippen MR) is 92.9 cm³/mol. The highest BCUT2D eigenvalue weighted by molar-refractivity contribution is 5.98. The molecule has 0 spiro atoms. The Labute approximate surface area is 127 Å². The van der Waals surface area contributed by atoms with Crippen molar-refractivity contribution in [2.24, 2.45) is 0 Å². The monoisotopic (exact) mass is 280 g/mol. The van der Waals surface area contributed by atoms with Crippen molar-refractivity contribution in [1.29, 1.82) is 0 Å². The summed E-state index contributed by atoms with van der Waals surface area (Å²) in [5.74, 6) is 0. The van der Waals surface area contributed by atoms with Crippen molar-refractivity contribution >= 4 is 21.5 Å². The van der Waals surface area contributed by atoms with E-state index in [1.54, 1.807) is 7.11 Å². The second kappa shape index (κ2) is 8.43. The van der Waals surface area contributed by atoms with Crippen molar-refractivity contribution in [2.75, 3.05) is 13.7 Å². The third-order valence-electron chi connectivity index (χ3n) is 3.57. The second-order valence-corrected chi connectivity index (χ2v) is 5.25. The van der Waals surface area contributed by atoms with Crippen LogP contribution < -0.4 is 0 Å². The second-order valence-electron chi connectivity index (χ2n) is 5.25. The molecule has 0 bridgehead atoms. The zero-order valence-corrected chi connectivity index (χ0v) is 13.0. The van der Waals surface area contributed by atoms with Crippen LogP contribution in [0.1, 0.15) is 26.2 Å². The van der Waals surface area contributed by atoms with Crippen LogP contribution in [0.3, 0.4) is 0 Å². The Balaban J connectivity index is 0.000000199. The molecule has 0 heterocycles. The van der Waals surface area contributed by atoms with Gasteiger partial charge in [0.25, 0.3) is 0 Å². The number of hydrogen-bond acceptors (Lipinski definition) is 1. The zero-order chi connectivity index (χ0) is 14.9. The average Bonchev–Trinajstić information content (AvgIpc) is 2.54. The molecule has 1 nitrogen and oxygen atoms in total. The molecule has 0 saturated heterocycles. The van der Waals surface area contributed by atoms with E-state index in [2.05, 4.69) is 67.6 Å². The van der Waals surface area contributed by atoms with Gasteiger partial charge in [0.2, 0.25) is 0 Å². The van der Waals surface area contributed by atoms with E-state index in [0.29, 0.717) is 0 Å². The smallest absolute Gasteiger partial charge is 0.0462 e. The standard InChI is InChI=1S/C14H10.C6H14O/c1-2-6-12-10-14-8-4-3-7-13(14)9-11(12)5-1;1-3-4-5-6-7-2/h1-10H;3-6H2,1-2H3. The molecule has 0 aliphatic rings. The minimum Gasteiger partial charge on any atom is -0.385 e. The maximum absolute atomic E-state index is 4.84. The van der Waals surface area contributed by atoms with Crippen molar-refractivity contribution in [3.63, 3.8) is 0 Å². The number of methoxy groups -OCH3 is 1. The molecule has 0 amide bonds. The van der Waals surface area contributed by atoms with Crippen LogP contribution in [-0.4, -0.2) is 13.7 Å². The highest BCUT2D eigenvalue weighted by Gasteiger charge is 1.95. The van der Waals surface area contributed by atoms with Crippen molar-refractivity contribution in [2.45, 2.75) is 26.2 Å². The summed E-state index contributed by atoms with van der Waals surface area (Å²) in [5.41, 5.74) is 0. The fourth-order valence-corrected chi connectivity index (χ4v) is 2.38. The molecule has 1 heteroatoms. The molecular formula is C20H24O. The maximum atomic E-state index is 4.84. The first-order chi connectivity index (χ1) is 10.3. The molecule has 0 aliphatic carbocycles. The molecule has 0 aliphatic heterocycles. The van der Waals surface area contributed by atoms with Gasteiger partial charge in [0.1, 0.15) is 0 Å². The number of unbranched alkanes of at least 4 members (excludes halogenated alkanes) is 2. The van der Waals surface area contributed by atoms with E-state index in [4.69, 9.17) is 4.74 Å². The van der Waals surface area contributed by atoms with Crippen LogP contribution in [0, 0.1) is 0 Å². The van der Waals surface area contributed by atoms with Crippen LogP contribution in [0.4, 0.5) is 0 Å². The first kappa shape index (κ1) is 15.5. The molecule has 0 N–H and O–H groups in total. The third-order valence-corrected chi connectivity index (χ3v) is 3.57. The Morgan fingerprint density at radius 1 is 0.714 bits per heavy atom. The Morgan fingerprint density at radius 3 is 1.48 bits per heavy atom. The van der Waals surface area contributed by atoms with Gasteiger partial charge in [0, 0.05) is 13.7 Å². The Hall–Kier alpha value is -1.86. The maximum Gasteiger partial charge on any atom is 0.0462 e. The molecular weight excluding hydrogens is 256 g/mol. The van der Waals surface area contributed by atoms with E-state index in [9.17, 15) is 0 Å². The van der Waals surface area contributed by atoms with Crippen LogP contribution in [0.2, 0.25) is 0 Å². The van der Waals surface area contributed by atoms with Gasteiger partial charge in [-0.05, 0) is 40.1 Å². The summed E-state index contributed by atoms with van der Waals surface area (Å²) in [4.78, 5) is 0. The fraction of sp³-hybridized carbons (Fsp3) is 0.300. The molecule has 0 unspecified atom stereocenters. The molecule has 21 heavy (non-hydrogen) atoms. The van der Waals surface area contributed by atoms with Gasteiger partial charge >= 0.3 is 0 Å². The van der Waals surface area contributed by atoms with Gasteiger partial charge in [0.05, 0.1) is 0 Å². The normalized spacial score (nSPS) is 10.4. The summed E-state index contributed by atoms with van der Waals surface area (Å²) in [6.45, 7) is 3.11. The zero-order valence-electron chi connectivity index (χ0n) is 13.0. The summed E-state index contributed by atoms with van der Waals surface area (Å²) < 4.78 is 4.84. The Morgan fingerprint density at radius 2 is 1.14 bits per heavy atom. The van der Waals surface area contributed by atoms with Crippen LogP contribution in [0.15, 0.2) is 60.7 Å². The highest BCUT2D eigenvalue weighted by Crippen LogP contribution is 2.21. The molecule has 3 rings (SSSR count). The summed E-state index contributed by atoms with van der Waals surface area (Å²) in [7, 11) is 1.75. The van der Waals surface area contributed by atoms with Gasteiger partial charge in [-0.2, -0.15) is 0 Å². The number of hydrogen-bond donors (Lipinski definition) is 0. The van der Waals surface area contributed by atoms with Crippen LogP contribution in [0.5, 0.6) is 0 Å². The molecule has 3 aromatic rings. The van der Waals surface area contributed by atoms with Gasteiger partial charge < -0.3 is 4.74 Å². The lowest BCUT2D eigenvalue weighted by Gasteiger charge is -2.00. The first-order valence-electron chi connectivity index (χ1n) is 7.71. The lowest BCUT2D eigenvalue weighted by Crippen LogP contribution is -1.85. The summed E-state index contributed by atoms with van der Waals surface area (Å²) in [5, 5.41) is 5.25. The SMILES string of the molecule is CCCCCOC.c1ccc2cc3ccccc3cc2c1. The molecule has 110 valence electrons. The lowest BCUT2D eigenvalue weighted by molar-refractivity contribution is 0.192. The van der Waals surface area contributed by atoms with E-state index in [-0.39, 0.29) is 0 Å². The van der Waals surface area contributed by atoms with Crippen molar-refractivity contribution < 1.29 is 4.74 Å². The molecule has 0 aromatic heterocycles. The number of ether oxygens (including phenoxy) is 1. The summed E-state index contributed by atoms with van der Waals surface area (Å²) >= 11 is 0. The topological polar surface area (TPSA) is 9.23 Å². The molecule has 0 radical (unpaired) electrons. The lowest BCUT2D eigenvalue weighted by atomic mass is 10.0. The first-order valence-corrected chi connectivity index (χ1v) is 7.71. The van der Waals surface area contributed by atoms with Crippen molar-refractivity contribution in [1.82, 2.24) is 0 Å². The molecule has 3 aromatic carbocycles. The largest absolute Gasteiger partial charge is 0.385 e. The average molecular weight is 280 g/mol. The number of fused-ring (bicyclic) bond motifs is 2. The van der Waals surface area contributed by atoms with Crippen molar-refractivity contribution in [3.8, 4) is 0 Å². The van der Waals surface area contributed by atoms with Crippen LogP contribution in [-0.2, 0) is 4.74 Å². The Kier molecular flexibility index (Phi) is 6.23. The molecule has 0 saturated carbocycles. The summed E-state index contributed by atoms with van der Waals surface area (Å²) in [6.07, 6.45) is 3.80. The van der Waals surface area contributed by atoms with E-state index >= 15 is 0 Å². The van der Waals surface area contributed by atoms with E-state index in [1.165, 1.54) is 40.8 Å². The van der Waals surface area contributed by atoms with Crippen LogP contribution in [0.25, 0.3) is 21.5 Å². The van der Waals surface area contributed by atoms with Crippen molar-refractivity contribution in [3.05, 3.63) is 60.7 Å². The minimum absolute atomic E-state index is 0.924. The van der Waals surface area contributed by atoms with Gasteiger partial charge in [-0.1, -0.05) is 68.3 Å². The van der Waals surface area contributed by atoms with Gasteiger partial charge in [-0.15, -0.1) is 0 Å².